The molecular formula is C29H38ClN5O6. The summed E-state index contributed by atoms with van der Waals surface area (Å²) in [5, 5.41) is 14.2. The van der Waals surface area contributed by atoms with Gasteiger partial charge in [0.25, 0.3) is 5.91 Å². The molecule has 3 heterocycles. The van der Waals surface area contributed by atoms with Crippen molar-refractivity contribution < 1.29 is 28.7 Å². The second-order valence-electron chi connectivity index (χ2n) is 10.1. The van der Waals surface area contributed by atoms with Crippen LogP contribution in [-0.4, -0.2) is 73.6 Å². The van der Waals surface area contributed by atoms with Crippen LogP contribution in [0.4, 0.5) is 0 Å². The van der Waals surface area contributed by atoms with E-state index in [9.17, 15) is 19.2 Å². The average molecular weight is 588 g/mol. The molecule has 11 nitrogen and oxygen atoms in total. The summed E-state index contributed by atoms with van der Waals surface area (Å²) in [4.78, 5) is 52.6. The molecule has 0 saturated carbocycles. The molecule has 3 aliphatic heterocycles. The van der Waals surface area contributed by atoms with Crippen LogP contribution in [0, 0.1) is 0 Å². The lowest BCUT2D eigenvalue weighted by atomic mass is 9.90. The van der Waals surface area contributed by atoms with Gasteiger partial charge in [-0.15, -0.1) is 12.4 Å². The van der Waals surface area contributed by atoms with E-state index < -0.39 is 41.4 Å². The Morgan fingerprint density at radius 2 is 1.39 bits per heavy atom. The van der Waals surface area contributed by atoms with E-state index in [4.69, 9.17) is 9.47 Å². The molecule has 3 aliphatic rings. The maximum absolute atomic E-state index is 13.6. The lowest BCUT2D eigenvalue weighted by Crippen LogP contribution is -2.61. The molecule has 2 aromatic rings. The third-order valence-electron chi connectivity index (χ3n) is 7.04. The first kappa shape index (κ1) is 31.7. The SMILES string of the molecule is C[C@@H]1NC(=O)[C@H](Cc2ccccc2)NC(=O)[C@H](C)NC(=O)C2(CCNCC2)Oc2ccc(cc2)OCCNC1=O.Cl. The number of hydrogen-bond donors (Lipinski definition) is 5. The van der Waals surface area contributed by atoms with Crippen molar-refractivity contribution in [1.29, 1.82) is 0 Å². The number of piperidine rings is 1. The number of amides is 4. The highest BCUT2D eigenvalue weighted by Gasteiger charge is 2.43. The summed E-state index contributed by atoms with van der Waals surface area (Å²) < 4.78 is 12.0. The van der Waals surface area contributed by atoms with Gasteiger partial charge in [-0.1, -0.05) is 30.3 Å². The topological polar surface area (TPSA) is 147 Å². The molecule has 2 aromatic carbocycles. The van der Waals surface area contributed by atoms with Gasteiger partial charge in [0.05, 0.1) is 6.54 Å². The summed E-state index contributed by atoms with van der Waals surface area (Å²) in [6.07, 6.45) is 1.04. The number of carbonyl (C=O) groups excluding carboxylic acids is 4. The first-order chi connectivity index (χ1) is 19.3. The first-order valence-corrected chi connectivity index (χ1v) is 13.6. The molecule has 1 saturated heterocycles. The van der Waals surface area contributed by atoms with E-state index in [1.54, 1.807) is 38.1 Å². The Kier molecular flexibility index (Phi) is 11.4. The molecule has 0 radical (unpaired) electrons. The van der Waals surface area contributed by atoms with Crippen LogP contribution >= 0.6 is 12.4 Å². The summed E-state index contributed by atoms with van der Waals surface area (Å²) in [5.74, 6) is -0.746. The zero-order chi connectivity index (χ0) is 28.5. The van der Waals surface area contributed by atoms with Gasteiger partial charge in [-0.3, -0.25) is 19.2 Å². The monoisotopic (exact) mass is 587 g/mol. The molecule has 5 N–H and O–H groups in total. The van der Waals surface area contributed by atoms with Gasteiger partial charge in [0.15, 0.2) is 5.60 Å². The Balaban J connectivity index is 0.00000462. The van der Waals surface area contributed by atoms with Crippen molar-refractivity contribution >= 4 is 36.0 Å². The van der Waals surface area contributed by atoms with Crippen LogP contribution in [0.1, 0.15) is 32.3 Å². The van der Waals surface area contributed by atoms with E-state index in [-0.39, 0.29) is 37.9 Å². The van der Waals surface area contributed by atoms with Gasteiger partial charge < -0.3 is 36.1 Å². The van der Waals surface area contributed by atoms with Gasteiger partial charge in [0.2, 0.25) is 17.7 Å². The van der Waals surface area contributed by atoms with Crippen molar-refractivity contribution in [2.24, 2.45) is 0 Å². The van der Waals surface area contributed by atoms with E-state index in [0.717, 1.165) is 5.56 Å². The minimum atomic E-state index is -1.16. The number of ether oxygens (including phenoxy) is 2. The van der Waals surface area contributed by atoms with Gasteiger partial charge in [0, 0.05) is 19.3 Å². The van der Waals surface area contributed by atoms with Crippen molar-refractivity contribution in [3.63, 3.8) is 0 Å². The molecule has 0 unspecified atom stereocenters. The molecule has 0 aromatic heterocycles. The van der Waals surface area contributed by atoms with E-state index in [2.05, 4.69) is 26.6 Å². The standard InChI is InChI=1S/C29H37N5O6.ClH/c1-19-25(35)31-16-17-39-22-8-10-23(11-9-22)40-29(12-14-30-15-13-29)28(38)33-20(2)26(36)34-24(27(37)32-19)18-21-6-4-3-5-7-21;/h3-11,19-20,24,30H,12-18H2,1-2H3,(H,31,35)(H,32,37)(H,33,38)(H,34,36);1H/t19-,20-,24-;/m0./s1. The quantitative estimate of drug-likeness (QED) is 0.327. The van der Waals surface area contributed by atoms with Crippen molar-refractivity contribution in [3.8, 4) is 11.5 Å². The summed E-state index contributed by atoms with van der Waals surface area (Å²) >= 11 is 0. The molecule has 222 valence electrons. The van der Waals surface area contributed by atoms with Gasteiger partial charge in [-0.2, -0.15) is 0 Å². The highest BCUT2D eigenvalue weighted by molar-refractivity contribution is 5.95. The van der Waals surface area contributed by atoms with Crippen LogP contribution in [0.25, 0.3) is 0 Å². The second-order valence-corrected chi connectivity index (χ2v) is 10.1. The van der Waals surface area contributed by atoms with Crippen LogP contribution in [-0.2, 0) is 25.6 Å². The molecule has 4 amide bonds. The lowest BCUT2D eigenvalue weighted by molar-refractivity contribution is -0.142. The number of nitrogens with one attached hydrogen (secondary N) is 5. The Morgan fingerprint density at radius 1 is 0.756 bits per heavy atom. The summed E-state index contributed by atoms with van der Waals surface area (Å²) in [5.41, 5.74) is -0.333. The zero-order valence-corrected chi connectivity index (χ0v) is 24.1. The number of benzene rings is 2. The van der Waals surface area contributed by atoms with E-state index >= 15 is 0 Å². The highest BCUT2D eigenvalue weighted by Crippen LogP contribution is 2.28. The largest absolute Gasteiger partial charge is 0.492 e. The van der Waals surface area contributed by atoms with Crippen molar-refractivity contribution in [1.82, 2.24) is 26.6 Å². The minimum Gasteiger partial charge on any atom is -0.492 e. The number of carbonyl (C=O) groups is 4. The molecule has 5 rings (SSSR count). The van der Waals surface area contributed by atoms with Crippen LogP contribution in [0.3, 0.4) is 0 Å². The average Bonchev–Trinajstić information content (AvgIpc) is 2.96. The molecule has 41 heavy (non-hydrogen) atoms. The van der Waals surface area contributed by atoms with Crippen molar-refractivity contribution in [2.75, 3.05) is 26.2 Å². The maximum Gasteiger partial charge on any atom is 0.264 e. The fourth-order valence-electron chi connectivity index (χ4n) is 4.66. The zero-order valence-electron chi connectivity index (χ0n) is 23.2. The Labute approximate surface area is 245 Å². The number of rotatable bonds is 2. The van der Waals surface area contributed by atoms with Crippen molar-refractivity contribution in [3.05, 3.63) is 60.2 Å². The normalized spacial score (nSPS) is 23.9. The van der Waals surface area contributed by atoms with Gasteiger partial charge in [-0.05, 0) is 56.8 Å². The first-order valence-electron chi connectivity index (χ1n) is 13.6. The predicted molar refractivity (Wildman–Crippen MR) is 155 cm³/mol. The van der Waals surface area contributed by atoms with E-state index in [0.29, 0.717) is 37.4 Å². The van der Waals surface area contributed by atoms with Crippen LogP contribution in [0.15, 0.2) is 54.6 Å². The van der Waals surface area contributed by atoms with E-state index in [1.807, 2.05) is 30.3 Å². The number of fused-ring (bicyclic) bond motifs is 15. The number of hydrogen-bond acceptors (Lipinski definition) is 7. The van der Waals surface area contributed by atoms with Gasteiger partial charge in [-0.25, -0.2) is 0 Å². The smallest absolute Gasteiger partial charge is 0.264 e. The van der Waals surface area contributed by atoms with Crippen LogP contribution < -0.4 is 36.1 Å². The van der Waals surface area contributed by atoms with Crippen molar-refractivity contribution in [2.45, 2.75) is 56.8 Å². The molecular weight excluding hydrogens is 550 g/mol. The maximum atomic E-state index is 13.6. The molecule has 1 spiro atoms. The van der Waals surface area contributed by atoms with E-state index in [1.165, 1.54) is 0 Å². The third-order valence-corrected chi connectivity index (χ3v) is 7.04. The van der Waals surface area contributed by atoms with Gasteiger partial charge >= 0.3 is 0 Å². The molecule has 3 atom stereocenters. The predicted octanol–water partition coefficient (Wildman–Crippen LogP) is 0.855. The third kappa shape index (κ3) is 8.58. The Hall–Kier alpha value is -3.83. The fraction of sp³-hybridized carbons (Fsp3) is 0.448. The molecule has 1 fully saturated rings. The Bertz CT molecular complexity index is 1190. The lowest BCUT2D eigenvalue weighted by Gasteiger charge is -2.37. The molecule has 12 heteroatoms. The summed E-state index contributed by atoms with van der Waals surface area (Å²) in [6.45, 7) is 4.75. The summed E-state index contributed by atoms with van der Waals surface area (Å²) in [6, 6.07) is 13.4. The fourth-order valence-corrected chi connectivity index (χ4v) is 4.66. The summed E-state index contributed by atoms with van der Waals surface area (Å²) in [7, 11) is 0. The highest BCUT2D eigenvalue weighted by atomic mass is 35.5. The molecule has 0 aliphatic carbocycles. The van der Waals surface area contributed by atoms with Crippen LogP contribution in [0.5, 0.6) is 11.5 Å². The van der Waals surface area contributed by atoms with Gasteiger partial charge in [0.1, 0.15) is 36.2 Å². The molecule has 2 bridgehead atoms. The Morgan fingerprint density at radius 3 is 2.07 bits per heavy atom. The minimum absolute atomic E-state index is 0. The van der Waals surface area contributed by atoms with Crippen LogP contribution in [0.2, 0.25) is 0 Å². The second kappa shape index (κ2) is 14.7. The number of halogens is 1.